The predicted octanol–water partition coefficient (Wildman–Crippen LogP) is 2.90. The maximum Gasteiger partial charge on any atom is 0.343 e. The van der Waals surface area contributed by atoms with E-state index in [0.717, 1.165) is 11.1 Å². The van der Waals surface area contributed by atoms with Gasteiger partial charge in [0.05, 0.1) is 100 Å². The number of rotatable bonds is 37. The highest BCUT2D eigenvalue weighted by Gasteiger charge is 2.46. The third kappa shape index (κ3) is 17.5. The van der Waals surface area contributed by atoms with Gasteiger partial charge in [-0.3, -0.25) is 52.8 Å². The first-order chi connectivity index (χ1) is 44.2. The van der Waals surface area contributed by atoms with Gasteiger partial charge >= 0.3 is 5.97 Å². The Labute approximate surface area is 531 Å². The van der Waals surface area contributed by atoms with Crippen LogP contribution in [0.1, 0.15) is 142 Å². The number of unbranched alkanes of at least 4 members (excludes halogenated alkanes) is 2. The molecule has 4 aliphatic rings. The summed E-state index contributed by atoms with van der Waals surface area (Å²) in [5.74, 6) is -5.35. The van der Waals surface area contributed by atoms with Crippen LogP contribution in [-0.4, -0.2) is 173 Å². The number of aliphatic hydroxyl groups excluding tert-OH is 1. The van der Waals surface area contributed by atoms with Gasteiger partial charge in [-0.2, -0.15) is 0 Å². The number of ether oxygens (including phenoxy) is 4. The van der Waals surface area contributed by atoms with Crippen LogP contribution in [0.25, 0.3) is 22.3 Å². The van der Waals surface area contributed by atoms with E-state index in [1.165, 1.54) is 20.4 Å². The Morgan fingerprint density at radius 1 is 0.826 bits per heavy atom. The lowest BCUT2D eigenvalue weighted by Gasteiger charge is -2.31. The number of aliphatic hydroxyl groups is 2. The Morgan fingerprint density at radius 2 is 1.55 bits per heavy atom. The number of hydrogen-bond acceptors (Lipinski definition) is 18. The zero-order valence-electron chi connectivity index (χ0n) is 52.5. The number of likely N-dealkylation sites (tertiary alicyclic amines) is 1. The molecule has 2 aromatic heterocycles. The number of pyridine rings is 2. The van der Waals surface area contributed by atoms with Gasteiger partial charge in [-0.15, -0.1) is 0 Å². The number of imide groups is 1. The Kier molecular flexibility index (Phi) is 24.9. The lowest BCUT2D eigenvalue weighted by Crippen LogP contribution is -2.44. The number of esters is 1. The topological polar surface area (TPSA) is 338 Å². The molecule has 0 saturated carbocycles. The third-order valence-corrected chi connectivity index (χ3v) is 17.2. The van der Waals surface area contributed by atoms with E-state index < -0.39 is 70.9 Å². The number of aromatic nitrogens is 2. The highest BCUT2D eigenvalue weighted by Crippen LogP contribution is 2.46. The van der Waals surface area contributed by atoms with Crippen molar-refractivity contribution in [3.8, 4) is 11.4 Å². The fraction of sp³-hybridized carbons (Fsp3) is 0.545. The first-order valence-corrected chi connectivity index (χ1v) is 31.7. The molecule has 4 atom stereocenters. The van der Waals surface area contributed by atoms with Crippen LogP contribution in [0, 0.1) is 18.7 Å². The maximum atomic E-state index is 15.5. The molecule has 0 bridgehead atoms. The van der Waals surface area contributed by atoms with Gasteiger partial charge < -0.3 is 59.9 Å². The number of hydrogen-bond donors (Lipinski definition) is 6. The normalized spacial score (nSPS) is 17.4. The van der Waals surface area contributed by atoms with Gasteiger partial charge in [0.25, 0.3) is 5.56 Å². The van der Waals surface area contributed by atoms with Gasteiger partial charge in [-0.05, 0) is 80.2 Å². The summed E-state index contributed by atoms with van der Waals surface area (Å²) in [5.41, 5.74) is 2.14. The summed E-state index contributed by atoms with van der Waals surface area (Å²) < 4.78 is 38.4. The van der Waals surface area contributed by atoms with Crippen LogP contribution in [0.15, 0.2) is 47.3 Å². The molecule has 1 unspecified atom stereocenters. The quantitative estimate of drug-likeness (QED) is 0.0189. The van der Waals surface area contributed by atoms with E-state index in [1.807, 2.05) is 0 Å². The molecular formula is C66H83FN8O17. The number of carbonyl (C=O) groups excluding carboxylic acids is 10. The Bertz CT molecular complexity index is 3490. The second kappa shape index (κ2) is 32.9. The number of fused-ring (bicyclic) bond motifs is 5. The van der Waals surface area contributed by atoms with Gasteiger partial charge in [-0.25, -0.2) is 14.2 Å². The Morgan fingerprint density at radius 3 is 2.27 bits per heavy atom. The van der Waals surface area contributed by atoms with E-state index in [1.54, 1.807) is 57.2 Å². The molecule has 0 spiro atoms. The lowest BCUT2D eigenvalue weighted by molar-refractivity contribution is -0.172. The minimum atomic E-state index is -2.05. The van der Waals surface area contributed by atoms with Crippen molar-refractivity contribution in [2.45, 2.75) is 148 Å². The number of ketones is 2. The minimum absolute atomic E-state index is 0.00864. The molecule has 1 saturated heterocycles. The molecule has 26 heteroatoms. The van der Waals surface area contributed by atoms with Crippen molar-refractivity contribution < 1.29 is 81.5 Å². The molecule has 6 N–H and O–H groups in total. The van der Waals surface area contributed by atoms with Crippen LogP contribution >= 0.6 is 0 Å². The second-order valence-corrected chi connectivity index (χ2v) is 23.7. The standard InChI is InChI=1S/C66H83FN8O17/c1-4-66(88)47-34-52-62-45(37-75(52)64(86)46(47)39-92-65(66)87)61-49(18-17-44-41(3)48(67)35-51(72-62)60(44)61)70-55(80)14-11-22-68-54(79)21-19-53(78)50(33-42-12-7-5-8-13-42)71-56(81)20-16-43(77)36-69-57(82)38-73(24-26-89-28-30-91-31-29-90-27-25-76)58(83)15-9-6-10-23-74-59(84)32-40(2)63(74)85/h5,7-8,12-13,34-35,40,49-50,76,88H,4,6,9-11,14-33,36-39H2,1-3H3,(H,68,79)(H,69,82)(H,70,80)(H,71,81)/t40?,49-,50-,66-/m0/s1. The van der Waals surface area contributed by atoms with E-state index in [-0.39, 0.29) is 177 Å². The molecule has 0 radical (unpaired) electrons. The molecule has 8 rings (SSSR count). The van der Waals surface area contributed by atoms with Crippen LogP contribution in [0.4, 0.5) is 4.39 Å². The lowest BCUT2D eigenvalue weighted by atomic mass is 9.81. The maximum absolute atomic E-state index is 15.5. The summed E-state index contributed by atoms with van der Waals surface area (Å²) in [5, 5.41) is 32.1. The number of carbonyl (C=O) groups is 10. The fourth-order valence-electron chi connectivity index (χ4n) is 12.1. The number of halogens is 1. The average Bonchev–Trinajstić information content (AvgIpc) is 1.48. The number of benzene rings is 2. The number of aryl methyl sites for hydroxylation is 1. The highest BCUT2D eigenvalue weighted by atomic mass is 19.1. The molecule has 2 aromatic carbocycles. The van der Waals surface area contributed by atoms with E-state index in [2.05, 4.69) is 21.3 Å². The molecule has 92 heavy (non-hydrogen) atoms. The summed E-state index contributed by atoms with van der Waals surface area (Å²) >= 11 is 0. The Hall–Kier alpha value is -8.17. The van der Waals surface area contributed by atoms with E-state index >= 15 is 4.39 Å². The van der Waals surface area contributed by atoms with Crippen LogP contribution < -0.4 is 26.8 Å². The smallest absolute Gasteiger partial charge is 0.343 e. The van der Waals surface area contributed by atoms with Crippen LogP contribution in [0.3, 0.4) is 0 Å². The van der Waals surface area contributed by atoms with Crippen molar-refractivity contribution in [3.05, 3.63) is 97.6 Å². The van der Waals surface area contributed by atoms with Crippen molar-refractivity contribution in [3.63, 3.8) is 0 Å². The van der Waals surface area contributed by atoms with E-state index in [0.29, 0.717) is 84.3 Å². The fourth-order valence-corrected chi connectivity index (χ4v) is 12.1. The SMILES string of the molecule is CC[C@@]1(O)C(=O)OCc2c1cc1n(c2=O)Cc2c-1nc1cc(F)c(C)c3c1c2[C@@H](NC(=O)CCCNC(=O)CCC(=O)[C@H](Cc1ccccc1)NC(=O)CCC(=O)CNC(=O)CN(CCOCCOCCOCCO)C(=O)CCCCCN1C(=O)CC(C)C1=O)CC3. The number of nitrogens with zero attached hydrogens (tertiary/aromatic N) is 4. The van der Waals surface area contributed by atoms with Crippen LogP contribution in [0.5, 0.6) is 0 Å². The third-order valence-electron chi connectivity index (χ3n) is 17.2. The van der Waals surface area contributed by atoms with Gasteiger partial charge in [0.2, 0.25) is 41.4 Å². The molecule has 5 heterocycles. The summed E-state index contributed by atoms with van der Waals surface area (Å²) in [6.07, 6.45) is 1.87. The Balaban J connectivity index is 0.782. The number of nitrogens with one attached hydrogen (secondary N) is 4. The van der Waals surface area contributed by atoms with Gasteiger partial charge in [-0.1, -0.05) is 50.6 Å². The monoisotopic (exact) mass is 1280 g/mol. The average molecular weight is 1280 g/mol. The number of amides is 7. The first kappa shape index (κ1) is 69.7. The first-order valence-electron chi connectivity index (χ1n) is 31.7. The largest absolute Gasteiger partial charge is 0.458 e. The molecule has 25 nitrogen and oxygen atoms in total. The molecule has 1 aliphatic carbocycles. The zero-order chi connectivity index (χ0) is 66.1. The summed E-state index contributed by atoms with van der Waals surface area (Å²) in [6, 6.07) is 10.2. The van der Waals surface area contributed by atoms with Crippen LogP contribution in [-0.2, 0) is 98.5 Å². The van der Waals surface area contributed by atoms with Crippen LogP contribution in [0.2, 0.25) is 0 Å². The zero-order valence-corrected chi connectivity index (χ0v) is 52.5. The van der Waals surface area contributed by atoms with Crippen molar-refractivity contribution in [2.75, 3.05) is 79.0 Å². The summed E-state index contributed by atoms with van der Waals surface area (Å²) in [6.45, 7) is 5.58. The minimum Gasteiger partial charge on any atom is -0.458 e. The second-order valence-electron chi connectivity index (χ2n) is 23.7. The van der Waals surface area contributed by atoms with Gasteiger partial charge in [0.1, 0.15) is 12.4 Å². The van der Waals surface area contributed by atoms with E-state index in [4.69, 9.17) is 29.0 Å². The molecule has 1 fully saturated rings. The number of Topliss-reactive ketones (excluding diaryl/α,β-unsaturated/α-hetero) is 2. The molecular weight excluding hydrogens is 1200 g/mol. The van der Waals surface area contributed by atoms with Crippen molar-refractivity contribution in [1.29, 1.82) is 0 Å². The van der Waals surface area contributed by atoms with E-state index in [9.17, 15) is 57.8 Å². The molecule has 4 aromatic rings. The van der Waals surface area contributed by atoms with Crippen molar-refractivity contribution in [1.82, 2.24) is 40.6 Å². The van der Waals surface area contributed by atoms with Crippen molar-refractivity contribution >= 4 is 69.8 Å². The van der Waals surface area contributed by atoms with Gasteiger partial charge in [0.15, 0.2) is 17.2 Å². The summed E-state index contributed by atoms with van der Waals surface area (Å²) in [7, 11) is 0. The number of cyclic esters (lactones) is 1. The molecule has 3 aliphatic heterocycles. The molecule has 496 valence electrons. The highest BCUT2D eigenvalue weighted by molar-refractivity contribution is 6.03. The van der Waals surface area contributed by atoms with Crippen molar-refractivity contribution in [2.24, 2.45) is 5.92 Å². The molecule has 7 amide bonds. The van der Waals surface area contributed by atoms with Gasteiger partial charge in [0, 0.05) is 93.1 Å². The predicted molar refractivity (Wildman–Crippen MR) is 329 cm³/mol. The summed E-state index contributed by atoms with van der Waals surface area (Å²) in [4.78, 5) is 152.